The van der Waals surface area contributed by atoms with Gasteiger partial charge in [-0.1, -0.05) is 48.9 Å². The highest BCUT2D eigenvalue weighted by molar-refractivity contribution is 9.10. The largest absolute Gasteiger partial charge is 0.480 e. The first kappa shape index (κ1) is 20.0. The van der Waals surface area contributed by atoms with E-state index >= 15 is 0 Å². The van der Waals surface area contributed by atoms with E-state index in [0.717, 1.165) is 21.3 Å². The number of amides is 1. The van der Waals surface area contributed by atoms with E-state index in [9.17, 15) is 4.79 Å². The fourth-order valence-corrected chi connectivity index (χ4v) is 4.23. The van der Waals surface area contributed by atoms with Crippen molar-refractivity contribution in [2.45, 2.75) is 44.8 Å². The van der Waals surface area contributed by atoms with Crippen LogP contribution in [-0.4, -0.2) is 18.2 Å². The number of carbonyl (C=O) groups is 1. The molecule has 0 bridgehead atoms. The van der Waals surface area contributed by atoms with Crippen molar-refractivity contribution in [2.75, 3.05) is 6.54 Å². The first-order chi connectivity index (χ1) is 12.6. The van der Waals surface area contributed by atoms with Crippen molar-refractivity contribution in [1.29, 1.82) is 0 Å². The molecule has 0 radical (unpaired) electrons. The lowest BCUT2D eigenvalue weighted by Crippen LogP contribution is -2.47. The molecule has 1 aliphatic heterocycles. The van der Waals surface area contributed by atoms with Crippen LogP contribution in [0.3, 0.4) is 0 Å². The van der Waals surface area contributed by atoms with Gasteiger partial charge in [0, 0.05) is 16.0 Å². The Morgan fingerprint density at radius 1 is 1.26 bits per heavy atom. The predicted octanol–water partition coefficient (Wildman–Crippen LogP) is 6.02. The molecule has 0 aromatic heterocycles. The van der Waals surface area contributed by atoms with Gasteiger partial charge in [0.05, 0.1) is 11.6 Å². The summed E-state index contributed by atoms with van der Waals surface area (Å²) in [4.78, 5) is 12.3. The first-order valence-electron chi connectivity index (χ1n) is 8.83. The lowest BCUT2D eigenvalue weighted by Gasteiger charge is -2.34. The number of halogens is 2. The molecule has 0 unspecified atom stereocenters. The molecule has 1 amide bonds. The van der Waals surface area contributed by atoms with Crippen LogP contribution in [0.5, 0.6) is 5.75 Å². The molecule has 2 atom stereocenters. The molecule has 6 heteroatoms. The summed E-state index contributed by atoms with van der Waals surface area (Å²) in [5.41, 5.74) is 0.657. The van der Waals surface area contributed by atoms with Gasteiger partial charge in [0.2, 0.25) is 0 Å². The van der Waals surface area contributed by atoms with Crippen LogP contribution in [0.4, 0.5) is 4.79 Å². The Kier molecular flexibility index (Phi) is 5.46. The molecule has 1 heterocycles. The Labute approximate surface area is 173 Å². The van der Waals surface area contributed by atoms with Crippen LogP contribution in [0.1, 0.15) is 44.7 Å². The molecule has 3 rings (SSSR count). The molecule has 2 aromatic carbocycles. The average Bonchev–Trinajstić information content (AvgIpc) is 2.90. The Morgan fingerprint density at radius 3 is 2.56 bits per heavy atom. The van der Waals surface area contributed by atoms with E-state index in [2.05, 4.69) is 28.2 Å². The summed E-state index contributed by atoms with van der Waals surface area (Å²) in [6.45, 7) is 7.86. The summed E-state index contributed by atoms with van der Waals surface area (Å²) in [6, 6.07) is 13.6. The number of hydrogen-bond donors (Lipinski definition) is 1. The molecular formula is C21H23BrClNO3. The summed E-state index contributed by atoms with van der Waals surface area (Å²) in [5.74, 6) is 0.714. The number of alkyl carbamates (subject to hydrolysis) is 1. The lowest BCUT2D eigenvalue weighted by molar-refractivity contribution is 0.0364. The molecule has 2 aromatic rings. The number of fused-ring (bicyclic) bond motifs is 1. The van der Waals surface area contributed by atoms with Crippen molar-refractivity contribution < 1.29 is 14.3 Å². The molecule has 0 aliphatic carbocycles. The van der Waals surface area contributed by atoms with Gasteiger partial charge in [0.1, 0.15) is 11.4 Å². The number of nitrogens with one attached hydrogen (secondary N) is 1. The molecule has 0 spiro atoms. The van der Waals surface area contributed by atoms with E-state index in [-0.39, 0.29) is 12.5 Å². The van der Waals surface area contributed by atoms with Gasteiger partial charge in [0.15, 0.2) is 5.60 Å². The highest BCUT2D eigenvalue weighted by atomic mass is 79.9. The second kappa shape index (κ2) is 7.36. The summed E-state index contributed by atoms with van der Waals surface area (Å²) in [5, 5.41) is 3.52. The molecule has 0 fully saturated rings. The third-order valence-electron chi connectivity index (χ3n) is 4.67. The Morgan fingerprint density at radius 2 is 1.93 bits per heavy atom. The zero-order valence-electron chi connectivity index (χ0n) is 15.8. The predicted molar refractivity (Wildman–Crippen MR) is 111 cm³/mol. The van der Waals surface area contributed by atoms with Gasteiger partial charge in [0.25, 0.3) is 0 Å². The number of benzene rings is 2. The summed E-state index contributed by atoms with van der Waals surface area (Å²) >= 11 is 9.90. The number of carbonyl (C=O) groups excluding carboxylic acids is 1. The van der Waals surface area contributed by atoms with Gasteiger partial charge in [-0.3, -0.25) is 0 Å². The summed E-state index contributed by atoms with van der Waals surface area (Å²) in [7, 11) is 0. The first-order valence-corrected chi connectivity index (χ1v) is 10.0. The van der Waals surface area contributed by atoms with Crippen molar-refractivity contribution in [3.8, 4) is 5.75 Å². The second-order valence-electron chi connectivity index (χ2n) is 7.71. The summed E-state index contributed by atoms with van der Waals surface area (Å²) in [6.07, 6.45) is -0.471. The van der Waals surface area contributed by atoms with Crippen LogP contribution in [0.2, 0.25) is 5.02 Å². The van der Waals surface area contributed by atoms with Crippen molar-refractivity contribution >= 4 is 33.6 Å². The molecule has 4 nitrogen and oxygen atoms in total. The van der Waals surface area contributed by atoms with Gasteiger partial charge in [-0.2, -0.15) is 0 Å². The third-order valence-corrected chi connectivity index (χ3v) is 6.07. The van der Waals surface area contributed by atoms with E-state index in [0.29, 0.717) is 5.02 Å². The van der Waals surface area contributed by atoms with E-state index in [4.69, 9.17) is 21.1 Å². The molecule has 0 saturated carbocycles. The van der Waals surface area contributed by atoms with Crippen LogP contribution in [0, 0.1) is 0 Å². The van der Waals surface area contributed by atoms with Gasteiger partial charge in [-0.25, -0.2) is 4.79 Å². The van der Waals surface area contributed by atoms with E-state index in [1.54, 1.807) is 6.07 Å². The van der Waals surface area contributed by atoms with Gasteiger partial charge in [-0.05, 0) is 54.4 Å². The lowest BCUT2D eigenvalue weighted by atomic mass is 9.80. The Bertz CT molecular complexity index is 850. The van der Waals surface area contributed by atoms with Gasteiger partial charge >= 0.3 is 6.09 Å². The SMILES string of the molecule is C[C@H]1c2c(ccc(Cl)c2Br)O[C@]1(CNC(=O)OC(C)(C)C)c1ccccc1. The Hall–Kier alpha value is -1.72. The zero-order chi connectivity index (χ0) is 19.8. The van der Waals surface area contributed by atoms with Gasteiger partial charge < -0.3 is 14.8 Å². The van der Waals surface area contributed by atoms with Crippen molar-refractivity contribution in [1.82, 2.24) is 5.32 Å². The normalized spacial score (nSPS) is 21.3. The van der Waals surface area contributed by atoms with E-state index in [1.807, 2.05) is 57.2 Å². The highest BCUT2D eigenvalue weighted by Crippen LogP contribution is 2.53. The van der Waals surface area contributed by atoms with Crippen LogP contribution in [0.15, 0.2) is 46.9 Å². The fraction of sp³-hybridized carbons (Fsp3) is 0.381. The second-order valence-corrected chi connectivity index (χ2v) is 8.91. The maximum atomic E-state index is 12.3. The minimum atomic E-state index is -0.756. The van der Waals surface area contributed by atoms with Crippen molar-refractivity contribution in [2.24, 2.45) is 0 Å². The molecule has 1 N–H and O–H groups in total. The third kappa shape index (κ3) is 3.94. The van der Waals surface area contributed by atoms with E-state index in [1.165, 1.54) is 0 Å². The standard InChI is InChI=1S/C21H23BrClNO3/c1-13-17-16(11-10-15(23)18(17)22)26-21(13,14-8-6-5-7-9-14)12-24-19(25)27-20(2,3)4/h5-11,13H,12H2,1-4H3,(H,24,25)/t13-,21-/m0/s1. The minimum Gasteiger partial charge on any atom is -0.480 e. The van der Waals surface area contributed by atoms with Crippen molar-refractivity contribution in [3.05, 3.63) is 63.1 Å². The Balaban J connectivity index is 1.97. The topological polar surface area (TPSA) is 47.6 Å². The maximum absolute atomic E-state index is 12.3. The average molecular weight is 453 g/mol. The molecule has 0 saturated heterocycles. The molecule has 27 heavy (non-hydrogen) atoms. The molecule has 144 valence electrons. The molecule has 1 aliphatic rings. The van der Waals surface area contributed by atoms with Crippen LogP contribution < -0.4 is 10.1 Å². The number of rotatable bonds is 3. The van der Waals surface area contributed by atoms with E-state index < -0.39 is 17.3 Å². The fourth-order valence-electron chi connectivity index (χ4n) is 3.40. The number of hydrogen-bond acceptors (Lipinski definition) is 3. The van der Waals surface area contributed by atoms with Crippen LogP contribution in [-0.2, 0) is 10.3 Å². The number of ether oxygens (including phenoxy) is 2. The van der Waals surface area contributed by atoms with Crippen molar-refractivity contribution in [3.63, 3.8) is 0 Å². The van der Waals surface area contributed by atoms with Gasteiger partial charge in [-0.15, -0.1) is 0 Å². The minimum absolute atomic E-state index is 0.0436. The quantitative estimate of drug-likeness (QED) is 0.619. The van der Waals surface area contributed by atoms with Crippen LogP contribution in [0.25, 0.3) is 0 Å². The van der Waals surface area contributed by atoms with Crippen LogP contribution >= 0.6 is 27.5 Å². The maximum Gasteiger partial charge on any atom is 0.407 e. The smallest absolute Gasteiger partial charge is 0.407 e. The monoisotopic (exact) mass is 451 g/mol. The zero-order valence-corrected chi connectivity index (χ0v) is 18.1. The summed E-state index contributed by atoms with van der Waals surface area (Å²) < 4.78 is 12.7. The molecular weight excluding hydrogens is 430 g/mol. The highest BCUT2D eigenvalue weighted by Gasteiger charge is 2.49.